The zero-order chi connectivity index (χ0) is 22.5. The molecule has 3 rings (SSSR count). The first-order chi connectivity index (χ1) is 14.8. The number of nitrogens with one attached hydrogen (secondary N) is 1. The van der Waals surface area contributed by atoms with Crippen molar-refractivity contribution in [2.75, 3.05) is 18.2 Å². The van der Waals surface area contributed by atoms with Gasteiger partial charge in [-0.05, 0) is 31.2 Å². The second-order valence-electron chi connectivity index (χ2n) is 6.15. The molecule has 1 N–H and O–H groups in total. The minimum Gasteiger partial charge on any atom is -0.494 e. The van der Waals surface area contributed by atoms with Gasteiger partial charge in [-0.25, -0.2) is 0 Å². The summed E-state index contributed by atoms with van der Waals surface area (Å²) < 4.78 is 6.98. The van der Waals surface area contributed by atoms with Gasteiger partial charge < -0.3 is 14.6 Å². The number of carbonyl (C=O) groups excluding carboxylic acids is 1. The number of hydrogen-bond donors (Lipinski definition) is 1. The topological polar surface area (TPSA) is 112 Å². The van der Waals surface area contributed by atoms with E-state index in [1.807, 2.05) is 11.5 Å². The molecule has 31 heavy (non-hydrogen) atoms. The summed E-state index contributed by atoms with van der Waals surface area (Å²) in [6, 6.07) is 9.08. The van der Waals surface area contributed by atoms with Gasteiger partial charge >= 0.3 is 0 Å². The average molecular weight is 482 g/mol. The van der Waals surface area contributed by atoms with Crippen molar-refractivity contribution in [2.24, 2.45) is 0 Å². The molecule has 0 saturated carbocycles. The van der Waals surface area contributed by atoms with Crippen LogP contribution < -0.4 is 10.1 Å². The molecule has 0 aliphatic carbocycles. The third-order valence-electron chi connectivity index (χ3n) is 4.21. The molecule has 0 atom stereocenters. The number of rotatable bonds is 8. The lowest BCUT2D eigenvalue weighted by atomic mass is 10.2. The summed E-state index contributed by atoms with van der Waals surface area (Å²) in [6.07, 6.45) is 0. The van der Waals surface area contributed by atoms with Crippen LogP contribution in [0, 0.1) is 10.1 Å². The van der Waals surface area contributed by atoms with Gasteiger partial charge in [0.1, 0.15) is 5.75 Å². The van der Waals surface area contributed by atoms with E-state index in [1.54, 1.807) is 18.2 Å². The van der Waals surface area contributed by atoms with Crippen LogP contribution >= 0.6 is 35.0 Å². The number of benzene rings is 2. The third kappa shape index (κ3) is 5.27. The predicted octanol–water partition coefficient (Wildman–Crippen LogP) is 4.92. The second kappa shape index (κ2) is 9.99. The van der Waals surface area contributed by atoms with Crippen LogP contribution in [-0.4, -0.2) is 38.5 Å². The van der Waals surface area contributed by atoms with Gasteiger partial charge in [-0.15, -0.1) is 10.2 Å². The average Bonchev–Trinajstić information content (AvgIpc) is 3.15. The van der Waals surface area contributed by atoms with Crippen LogP contribution in [0.5, 0.6) is 5.75 Å². The second-order valence-corrected chi connectivity index (χ2v) is 7.94. The standard InChI is InChI=1S/C19H17Cl2N5O4S/c1-3-25-18(13-6-4-11(20)8-14(13)21)23-24-19(25)31-10-17(27)22-15-7-5-12(26(28)29)9-16(15)30-2/h4-9H,3,10H2,1-2H3,(H,22,27). The summed E-state index contributed by atoms with van der Waals surface area (Å²) in [7, 11) is 1.37. The number of amides is 1. The van der Waals surface area contributed by atoms with Crippen molar-refractivity contribution >= 4 is 52.2 Å². The number of thioether (sulfide) groups is 1. The van der Waals surface area contributed by atoms with Crippen molar-refractivity contribution < 1.29 is 14.5 Å². The van der Waals surface area contributed by atoms with Gasteiger partial charge in [-0.1, -0.05) is 35.0 Å². The Morgan fingerprint density at radius 3 is 2.68 bits per heavy atom. The van der Waals surface area contributed by atoms with Crippen LogP contribution in [0.3, 0.4) is 0 Å². The molecule has 12 heteroatoms. The zero-order valence-electron chi connectivity index (χ0n) is 16.5. The summed E-state index contributed by atoms with van der Waals surface area (Å²) in [5.41, 5.74) is 0.894. The van der Waals surface area contributed by atoms with Gasteiger partial charge in [0.2, 0.25) is 5.91 Å². The number of ether oxygens (including phenoxy) is 1. The number of non-ortho nitro benzene ring substituents is 1. The number of aromatic nitrogens is 3. The SMILES string of the molecule is CCn1c(SCC(=O)Nc2ccc([N+](=O)[O-])cc2OC)nnc1-c1ccc(Cl)cc1Cl. The van der Waals surface area contributed by atoms with E-state index in [2.05, 4.69) is 15.5 Å². The molecule has 0 bridgehead atoms. The summed E-state index contributed by atoms with van der Waals surface area (Å²) in [5.74, 6) is 0.494. The highest BCUT2D eigenvalue weighted by Crippen LogP contribution is 2.32. The summed E-state index contributed by atoms with van der Waals surface area (Å²) in [4.78, 5) is 22.8. The van der Waals surface area contributed by atoms with E-state index >= 15 is 0 Å². The van der Waals surface area contributed by atoms with Gasteiger partial charge in [-0.2, -0.15) is 0 Å². The molecule has 1 amide bonds. The van der Waals surface area contributed by atoms with E-state index in [-0.39, 0.29) is 23.1 Å². The maximum atomic E-state index is 12.4. The molecule has 0 saturated heterocycles. The molecule has 0 aliphatic rings. The number of nitro benzene ring substituents is 1. The lowest BCUT2D eigenvalue weighted by Crippen LogP contribution is -2.15. The fourth-order valence-electron chi connectivity index (χ4n) is 2.76. The molecule has 1 aromatic heterocycles. The number of nitro groups is 1. The van der Waals surface area contributed by atoms with Crippen molar-refractivity contribution in [3.05, 3.63) is 56.6 Å². The Kier molecular flexibility index (Phi) is 7.37. The first-order valence-corrected chi connectivity index (χ1v) is 10.7. The van der Waals surface area contributed by atoms with Crippen LogP contribution in [0.2, 0.25) is 10.0 Å². The number of methoxy groups -OCH3 is 1. The highest BCUT2D eigenvalue weighted by Gasteiger charge is 2.18. The van der Waals surface area contributed by atoms with Crippen molar-refractivity contribution in [3.8, 4) is 17.1 Å². The van der Waals surface area contributed by atoms with E-state index in [0.29, 0.717) is 38.8 Å². The van der Waals surface area contributed by atoms with E-state index in [1.165, 1.54) is 37.1 Å². The fraction of sp³-hybridized carbons (Fsp3) is 0.211. The van der Waals surface area contributed by atoms with Crippen LogP contribution in [0.4, 0.5) is 11.4 Å². The summed E-state index contributed by atoms with van der Waals surface area (Å²) in [6.45, 7) is 2.50. The quantitative estimate of drug-likeness (QED) is 0.276. The van der Waals surface area contributed by atoms with Crippen LogP contribution in [0.1, 0.15) is 6.92 Å². The van der Waals surface area contributed by atoms with Gasteiger partial charge in [-0.3, -0.25) is 14.9 Å². The predicted molar refractivity (Wildman–Crippen MR) is 120 cm³/mol. The Hall–Kier alpha value is -2.82. The first kappa shape index (κ1) is 22.9. The third-order valence-corrected chi connectivity index (χ3v) is 5.72. The Bertz CT molecular complexity index is 1140. The minimum absolute atomic E-state index is 0.0482. The molecule has 0 radical (unpaired) electrons. The largest absolute Gasteiger partial charge is 0.494 e. The molecular weight excluding hydrogens is 465 g/mol. The maximum Gasteiger partial charge on any atom is 0.273 e. The lowest BCUT2D eigenvalue weighted by Gasteiger charge is -2.10. The van der Waals surface area contributed by atoms with Gasteiger partial charge in [0, 0.05) is 23.2 Å². The highest BCUT2D eigenvalue weighted by molar-refractivity contribution is 7.99. The van der Waals surface area contributed by atoms with Crippen molar-refractivity contribution in [2.45, 2.75) is 18.6 Å². The van der Waals surface area contributed by atoms with E-state index in [0.717, 1.165) is 0 Å². The number of anilines is 1. The molecule has 9 nitrogen and oxygen atoms in total. The molecule has 162 valence electrons. The number of nitrogens with zero attached hydrogens (tertiary/aromatic N) is 4. The van der Waals surface area contributed by atoms with Crippen LogP contribution in [-0.2, 0) is 11.3 Å². The lowest BCUT2D eigenvalue weighted by molar-refractivity contribution is -0.384. The fourth-order valence-corrected chi connectivity index (χ4v) is 4.06. The van der Waals surface area contributed by atoms with Crippen molar-refractivity contribution in [1.82, 2.24) is 14.8 Å². The molecule has 0 aliphatic heterocycles. The molecule has 2 aromatic carbocycles. The van der Waals surface area contributed by atoms with E-state index < -0.39 is 4.92 Å². The Balaban J connectivity index is 1.72. The molecule has 3 aromatic rings. The highest BCUT2D eigenvalue weighted by atomic mass is 35.5. The molecule has 0 fully saturated rings. The monoisotopic (exact) mass is 481 g/mol. The maximum absolute atomic E-state index is 12.4. The summed E-state index contributed by atoms with van der Waals surface area (Å²) in [5, 5.41) is 23.5. The Morgan fingerprint density at radius 2 is 2.03 bits per heavy atom. The van der Waals surface area contributed by atoms with Gasteiger partial charge in [0.15, 0.2) is 11.0 Å². The van der Waals surface area contributed by atoms with E-state index in [4.69, 9.17) is 27.9 Å². The first-order valence-electron chi connectivity index (χ1n) is 8.97. The van der Waals surface area contributed by atoms with Crippen LogP contribution in [0.15, 0.2) is 41.6 Å². The van der Waals surface area contributed by atoms with E-state index in [9.17, 15) is 14.9 Å². The molecule has 0 unspecified atom stereocenters. The minimum atomic E-state index is -0.536. The molecule has 0 spiro atoms. The Morgan fingerprint density at radius 1 is 1.26 bits per heavy atom. The summed E-state index contributed by atoms with van der Waals surface area (Å²) >= 11 is 13.5. The Labute approximate surface area is 191 Å². The molecular formula is C19H17Cl2N5O4S. The number of carbonyl (C=O) groups is 1. The number of halogens is 2. The smallest absolute Gasteiger partial charge is 0.273 e. The van der Waals surface area contributed by atoms with Crippen molar-refractivity contribution in [1.29, 1.82) is 0 Å². The molecule has 1 heterocycles. The normalized spacial score (nSPS) is 10.7. The van der Waals surface area contributed by atoms with Gasteiger partial charge in [0.05, 0.1) is 34.6 Å². The zero-order valence-corrected chi connectivity index (χ0v) is 18.8. The van der Waals surface area contributed by atoms with Crippen LogP contribution in [0.25, 0.3) is 11.4 Å². The van der Waals surface area contributed by atoms with Crippen molar-refractivity contribution in [3.63, 3.8) is 0 Å². The number of hydrogen-bond acceptors (Lipinski definition) is 7. The van der Waals surface area contributed by atoms with Gasteiger partial charge in [0.25, 0.3) is 5.69 Å².